The van der Waals surface area contributed by atoms with E-state index < -0.39 is 17.7 Å². The SMILES string of the molecule is CC(C)(C)c1ccc(CN(CCc2ccc(F)c(F)c2)C(=O)Oc2cc(Cl)cc3c2NCCC3)cc1. The molecule has 0 fully saturated rings. The summed E-state index contributed by atoms with van der Waals surface area (Å²) in [5.74, 6) is -1.41. The van der Waals surface area contributed by atoms with Gasteiger partial charge in [0.15, 0.2) is 17.4 Å². The Hall–Kier alpha value is -3.12. The highest BCUT2D eigenvalue weighted by Gasteiger charge is 2.22. The number of hydrogen-bond donors (Lipinski definition) is 1. The standard InChI is InChI=1S/C29H31ClF2N2O2/c1-29(2,3)22-9-6-20(7-10-22)18-34(14-12-19-8-11-24(31)25(32)15-19)28(35)36-26-17-23(30)16-21-5-4-13-33-27(21)26/h6-11,15-17,33H,4-5,12-14,18H2,1-3H3. The summed E-state index contributed by atoms with van der Waals surface area (Å²) in [4.78, 5) is 15.0. The lowest BCUT2D eigenvalue weighted by molar-refractivity contribution is 0.150. The summed E-state index contributed by atoms with van der Waals surface area (Å²) in [5, 5.41) is 3.82. The summed E-state index contributed by atoms with van der Waals surface area (Å²) in [6.07, 6.45) is 1.64. The van der Waals surface area contributed by atoms with Gasteiger partial charge < -0.3 is 15.0 Å². The quantitative estimate of drug-likeness (QED) is 0.371. The minimum Gasteiger partial charge on any atom is -0.408 e. The van der Waals surface area contributed by atoms with E-state index in [0.29, 0.717) is 29.3 Å². The summed E-state index contributed by atoms with van der Waals surface area (Å²) >= 11 is 6.30. The number of nitrogens with zero attached hydrogens (tertiary/aromatic N) is 1. The number of aryl methyl sites for hydroxylation is 1. The summed E-state index contributed by atoms with van der Waals surface area (Å²) in [6.45, 7) is 7.80. The number of rotatable bonds is 6. The predicted octanol–water partition coefficient (Wildman–Crippen LogP) is 7.52. The molecule has 1 N–H and O–H groups in total. The van der Waals surface area contributed by atoms with E-state index in [0.717, 1.165) is 48.3 Å². The maximum Gasteiger partial charge on any atom is 0.415 e. The van der Waals surface area contributed by atoms with Crippen molar-refractivity contribution in [1.29, 1.82) is 0 Å². The van der Waals surface area contributed by atoms with Crippen LogP contribution in [0.4, 0.5) is 19.3 Å². The molecule has 4 nitrogen and oxygen atoms in total. The molecule has 36 heavy (non-hydrogen) atoms. The minimum atomic E-state index is -0.906. The van der Waals surface area contributed by atoms with Gasteiger partial charge in [0, 0.05) is 30.7 Å². The fourth-order valence-electron chi connectivity index (χ4n) is 4.29. The van der Waals surface area contributed by atoms with Crippen LogP contribution in [-0.4, -0.2) is 24.1 Å². The Balaban J connectivity index is 1.56. The molecule has 0 saturated carbocycles. The number of carbonyl (C=O) groups is 1. The van der Waals surface area contributed by atoms with Crippen molar-refractivity contribution >= 4 is 23.4 Å². The average Bonchev–Trinajstić information content (AvgIpc) is 2.83. The van der Waals surface area contributed by atoms with Crippen molar-refractivity contribution < 1.29 is 18.3 Å². The van der Waals surface area contributed by atoms with Crippen molar-refractivity contribution in [2.45, 2.75) is 52.0 Å². The van der Waals surface area contributed by atoms with E-state index in [1.54, 1.807) is 11.0 Å². The lowest BCUT2D eigenvalue weighted by Crippen LogP contribution is -2.35. The molecule has 4 rings (SSSR count). The van der Waals surface area contributed by atoms with Gasteiger partial charge in [0.05, 0.1) is 5.69 Å². The number of benzene rings is 3. The second-order valence-electron chi connectivity index (χ2n) is 10.2. The van der Waals surface area contributed by atoms with Crippen LogP contribution in [0.3, 0.4) is 0 Å². The van der Waals surface area contributed by atoms with Crippen molar-refractivity contribution in [3.8, 4) is 5.75 Å². The van der Waals surface area contributed by atoms with E-state index in [2.05, 4.69) is 38.2 Å². The number of amides is 1. The van der Waals surface area contributed by atoms with Gasteiger partial charge in [0.2, 0.25) is 0 Å². The first-order valence-corrected chi connectivity index (χ1v) is 12.5. The second-order valence-corrected chi connectivity index (χ2v) is 10.6. The zero-order valence-electron chi connectivity index (χ0n) is 20.8. The number of nitrogens with one attached hydrogen (secondary N) is 1. The molecule has 0 saturated heterocycles. The Bertz CT molecular complexity index is 1240. The molecule has 0 unspecified atom stereocenters. The van der Waals surface area contributed by atoms with E-state index in [9.17, 15) is 13.6 Å². The molecule has 1 amide bonds. The lowest BCUT2D eigenvalue weighted by atomic mass is 9.87. The Morgan fingerprint density at radius 1 is 1.03 bits per heavy atom. The number of carbonyl (C=O) groups excluding carboxylic acids is 1. The molecule has 0 bridgehead atoms. The molecule has 0 spiro atoms. The molecule has 3 aromatic carbocycles. The summed E-state index contributed by atoms with van der Waals surface area (Å²) in [6, 6.07) is 15.4. The van der Waals surface area contributed by atoms with Crippen molar-refractivity contribution in [3.05, 3.63) is 93.5 Å². The van der Waals surface area contributed by atoms with Crippen molar-refractivity contribution in [1.82, 2.24) is 4.90 Å². The first kappa shape index (κ1) is 26.0. The topological polar surface area (TPSA) is 41.6 Å². The molecule has 1 aliphatic rings. The zero-order chi connectivity index (χ0) is 25.9. The molecule has 1 heterocycles. The van der Waals surface area contributed by atoms with Crippen LogP contribution in [0.1, 0.15) is 49.4 Å². The number of halogens is 3. The van der Waals surface area contributed by atoms with E-state index in [1.807, 2.05) is 18.2 Å². The lowest BCUT2D eigenvalue weighted by Gasteiger charge is -2.26. The normalized spacial score (nSPS) is 13.1. The number of fused-ring (bicyclic) bond motifs is 1. The van der Waals surface area contributed by atoms with Crippen LogP contribution in [0.25, 0.3) is 0 Å². The van der Waals surface area contributed by atoms with Crippen LogP contribution < -0.4 is 10.1 Å². The van der Waals surface area contributed by atoms with Crippen molar-refractivity contribution in [2.75, 3.05) is 18.4 Å². The van der Waals surface area contributed by atoms with Crippen LogP contribution >= 0.6 is 11.6 Å². The Labute approximate surface area is 216 Å². The van der Waals surface area contributed by atoms with Gasteiger partial charge in [-0.1, -0.05) is 62.7 Å². The highest BCUT2D eigenvalue weighted by Crippen LogP contribution is 2.36. The monoisotopic (exact) mass is 512 g/mol. The summed E-state index contributed by atoms with van der Waals surface area (Å²) < 4.78 is 32.9. The van der Waals surface area contributed by atoms with Crippen molar-refractivity contribution in [2.24, 2.45) is 0 Å². The molecule has 0 aromatic heterocycles. The third-order valence-electron chi connectivity index (χ3n) is 6.38. The van der Waals surface area contributed by atoms with Crippen LogP contribution in [-0.2, 0) is 24.8 Å². The largest absolute Gasteiger partial charge is 0.415 e. The van der Waals surface area contributed by atoms with Gasteiger partial charge in [0.1, 0.15) is 0 Å². The summed E-state index contributed by atoms with van der Waals surface area (Å²) in [7, 11) is 0. The fourth-order valence-corrected chi connectivity index (χ4v) is 4.52. The maximum absolute atomic E-state index is 13.7. The molecule has 0 radical (unpaired) electrons. The first-order valence-electron chi connectivity index (χ1n) is 12.2. The number of ether oxygens (including phenoxy) is 1. The van der Waals surface area contributed by atoms with Crippen LogP contribution in [0, 0.1) is 11.6 Å². The van der Waals surface area contributed by atoms with E-state index >= 15 is 0 Å². The van der Waals surface area contributed by atoms with E-state index in [1.165, 1.54) is 11.6 Å². The van der Waals surface area contributed by atoms with Gasteiger partial charge in [-0.15, -0.1) is 0 Å². The molecular formula is C29H31ClF2N2O2. The van der Waals surface area contributed by atoms with Gasteiger partial charge in [-0.2, -0.15) is 0 Å². The van der Waals surface area contributed by atoms with Gasteiger partial charge >= 0.3 is 6.09 Å². The highest BCUT2D eigenvalue weighted by molar-refractivity contribution is 6.31. The molecule has 190 valence electrons. The Morgan fingerprint density at radius 2 is 1.75 bits per heavy atom. The molecule has 1 aliphatic heterocycles. The number of anilines is 1. The average molecular weight is 513 g/mol. The van der Waals surface area contributed by atoms with Crippen LogP contribution in [0.2, 0.25) is 5.02 Å². The van der Waals surface area contributed by atoms with Gasteiger partial charge in [-0.25, -0.2) is 13.6 Å². The van der Waals surface area contributed by atoms with E-state index in [-0.39, 0.29) is 12.0 Å². The van der Waals surface area contributed by atoms with Crippen LogP contribution in [0.5, 0.6) is 5.75 Å². The zero-order valence-corrected chi connectivity index (χ0v) is 21.6. The highest BCUT2D eigenvalue weighted by atomic mass is 35.5. The van der Waals surface area contributed by atoms with E-state index in [4.69, 9.17) is 16.3 Å². The maximum atomic E-state index is 13.7. The first-order chi connectivity index (χ1) is 17.1. The van der Waals surface area contributed by atoms with Gasteiger partial charge in [-0.05, 0) is 65.1 Å². The van der Waals surface area contributed by atoms with Gasteiger partial charge in [0.25, 0.3) is 0 Å². The predicted molar refractivity (Wildman–Crippen MR) is 140 cm³/mol. The van der Waals surface area contributed by atoms with Gasteiger partial charge in [-0.3, -0.25) is 0 Å². The third kappa shape index (κ3) is 6.35. The smallest absolute Gasteiger partial charge is 0.408 e. The Morgan fingerprint density at radius 3 is 2.44 bits per heavy atom. The van der Waals surface area contributed by atoms with Crippen molar-refractivity contribution in [3.63, 3.8) is 0 Å². The molecule has 0 aliphatic carbocycles. The summed E-state index contributed by atoms with van der Waals surface area (Å²) in [5.41, 5.74) is 4.55. The third-order valence-corrected chi connectivity index (χ3v) is 6.59. The second kappa shape index (κ2) is 10.9. The number of hydrogen-bond acceptors (Lipinski definition) is 3. The Kier molecular flexibility index (Phi) is 7.84. The molecule has 3 aromatic rings. The molecule has 7 heteroatoms. The minimum absolute atomic E-state index is 0.0163. The molecule has 0 atom stereocenters. The van der Waals surface area contributed by atoms with Crippen LogP contribution in [0.15, 0.2) is 54.6 Å². The fraction of sp³-hybridized carbons (Fsp3) is 0.345. The molecular weight excluding hydrogens is 482 g/mol.